The van der Waals surface area contributed by atoms with Crippen molar-refractivity contribution in [3.63, 3.8) is 0 Å². The lowest BCUT2D eigenvalue weighted by Crippen LogP contribution is -2.31. The second kappa shape index (κ2) is 8.92. The molecule has 0 rings (SSSR count). The van der Waals surface area contributed by atoms with Crippen molar-refractivity contribution < 1.29 is 18.3 Å². The summed E-state index contributed by atoms with van der Waals surface area (Å²) in [6, 6.07) is 0. The minimum absolute atomic E-state index is 0.0937. The van der Waals surface area contributed by atoms with Crippen LogP contribution in [0.15, 0.2) is 0 Å². The predicted molar refractivity (Wildman–Crippen MR) is 63.8 cm³/mol. The molecule has 0 saturated heterocycles. The van der Waals surface area contributed by atoms with E-state index in [0.717, 1.165) is 6.42 Å². The van der Waals surface area contributed by atoms with E-state index in [1.807, 2.05) is 6.92 Å². The number of aliphatic hydroxyl groups is 1. The Kier molecular flexibility index (Phi) is 8.83. The number of ether oxygens (including phenoxy) is 1. The topological polar surface area (TPSA) is 75.6 Å². The van der Waals surface area contributed by atoms with Gasteiger partial charge in [0.2, 0.25) is 10.0 Å². The minimum Gasteiger partial charge on any atom is -0.396 e. The molecule has 98 valence electrons. The Hall–Kier alpha value is -0.170. The number of rotatable bonds is 10. The monoisotopic (exact) mass is 253 g/mol. The van der Waals surface area contributed by atoms with Crippen LogP contribution in [-0.2, 0) is 14.8 Å². The summed E-state index contributed by atoms with van der Waals surface area (Å²) in [5.41, 5.74) is 0. The van der Waals surface area contributed by atoms with Gasteiger partial charge in [0.15, 0.2) is 0 Å². The molecule has 1 atom stereocenters. The number of nitrogens with one attached hydrogen (secondary N) is 1. The summed E-state index contributed by atoms with van der Waals surface area (Å²) >= 11 is 0. The Balaban J connectivity index is 3.87. The van der Waals surface area contributed by atoms with Crippen LogP contribution in [0, 0.1) is 5.92 Å². The van der Waals surface area contributed by atoms with Crippen molar-refractivity contribution in [1.82, 2.24) is 4.72 Å². The summed E-state index contributed by atoms with van der Waals surface area (Å²) in [4.78, 5) is 0. The second-order valence-corrected chi connectivity index (χ2v) is 5.73. The highest BCUT2D eigenvalue weighted by atomic mass is 32.2. The van der Waals surface area contributed by atoms with E-state index in [-0.39, 0.29) is 18.3 Å². The van der Waals surface area contributed by atoms with Crippen LogP contribution in [0.25, 0.3) is 0 Å². The van der Waals surface area contributed by atoms with E-state index in [4.69, 9.17) is 9.84 Å². The number of hydrogen-bond acceptors (Lipinski definition) is 4. The molecule has 0 radical (unpaired) electrons. The zero-order valence-electron chi connectivity index (χ0n) is 10.1. The highest BCUT2D eigenvalue weighted by Gasteiger charge is 2.12. The van der Waals surface area contributed by atoms with Crippen LogP contribution < -0.4 is 4.72 Å². The Morgan fingerprint density at radius 2 is 2.12 bits per heavy atom. The molecule has 0 saturated carbocycles. The van der Waals surface area contributed by atoms with E-state index in [1.165, 1.54) is 0 Å². The molecule has 0 aliphatic carbocycles. The van der Waals surface area contributed by atoms with Crippen LogP contribution in [0.5, 0.6) is 0 Å². The Labute approximate surface area is 98.2 Å². The minimum atomic E-state index is -3.19. The van der Waals surface area contributed by atoms with Crippen molar-refractivity contribution >= 4 is 10.0 Å². The summed E-state index contributed by atoms with van der Waals surface area (Å²) in [5.74, 6) is 0.304. The van der Waals surface area contributed by atoms with Crippen molar-refractivity contribution in [3.8, 4) is 0 Å². The van der Waals surface area contributed by atoms with Gasteiger partial charge in [-0.2, -0.15) is 0 Å². The Morgan fingerprint density at radius 3 is 2.62 bits per heavy atom. The summed E-state index contributed by atoms with van der Waals surface area (Å²) in [7, 11) is -1.64. The maximum atomic E-state index is 11.5. The van der Waals surface area contributed by atoms with Crippen molar-refractivity contribution in [2.24, 2.45) is 5.92 Å². The molecule has 6 heteroatoms. The number of sulfonamides is 1. The van der Waals surface area contributed by atoms with Crippen molar-refractivity contribution in [1.29, 1.82) is 0 Å². The first kappa shape index (κ1) is 15.8. The van der Waals surface area contributed by atoms with Gasteiger partial charge in [0.1, 0.15) is 0 Å². The fraction of sp³-hybridized carbons (Fsp3) is 1.00. The molecule has 2 N–H and O–H groups in total. The van der Waals surface area contributed by atoms with Crippen LogP contribution in [0.3, 0.4) is 0 Å². The lowest BCUT2D eigenvalue weighted by atomic mass is 10.0. The molecule has 0 amide bonds. The summed E-state index contributed by atoms with van der Waals surface area (Å²) in [6.45, 7) is 2.95. The van der Waals surface area contributed by atoms with Gasteiger partial charge < -0.3 is 9.84 Å². The van der Waals surface area contributed by atoms with E-state index in [9.17, 15) is 8.42 Å². The molecule has 0 aliphatic heterocycles. The van der Waals surface area contributed by atoms with Crippen LogP contribution in [0.1, 0.15) is 26.2 Å². The van der Waals surface area contributed by atoms with E-state index in [1.54, 1.807) is 7.11 Å². The standard InChI is InChI=1S/C10H23NO4S/c1-3-10(5-6-12)9-11-16(13,14)8-4-7-15-2/h10-12H,3-9H2,1-2H3. The smallest absolute Gasteiger partial charge is 0.211 e. The fourth-order valence-corrected chi connectivity index (χ4v) is 2.48. The normalized spacial score (nSPS) is 13.9. The van der Waals surface area contributed by atoms with Gasteiger partial charge in [0.05, 0.1) is 5.75 Å². The summed E-state index contributed by atoms with van der Waals surface area (Å²) in [5, 5.41) is 8.78. The fourth-order valence-electron chi connectivity index (χ4n) is 1.34. The molecule has 5 nitrogen and oxygen atoms in total. The zero-order chi connectivity index (χ0) is 12.4. The van der Waals surface area contributed by atoms with Gasteiger partial charge in [-0.3, -0.25) is 0 Å². The van der Waals surface area contributed by atoms with Gasteiger partial charge in [-0.05, 0) is 18.8 Å². The average molecular weight is 253 g/mol. The van der Waals surface area contributed by atoms with Gasteiger partial charge >= 0.3 is 0 Å². The lowest BCUT2D eigenvalue weighted by molar-refractivity contribution is 0.199. The van der Waals surface area contributed by atoms with Crippen molar-refractivity contribution in [2.75, 3.05) is 32.6 Å². The van der Waals surface area contributed by atoms with Crippen LogP contribution in [0.2, 0.25) is 0 Å². The molecule has 0 heterocycles. The van der Waals surface area contributed by atoms with E-state index < -0.39 is 10.0 Å². The van der Waals surface area contributed by atoms with Gasteiger partial charge in [-0.1, -0.05) is 13.3 Å². The van der Waals surface area contributed by atoms with E-state index in [2.05, 4.69) is 4.72 Å². The highest BCUT2D eigenvalue weighted by Crippen LogP contribution is 2.06. The SMILES string of the molecule is CCC(CCO)CNS(=O)(=O)CCCOC. The molecule has 0 bridgehead atoms. The third kappa shape index (κ3) is 8.04. The molecule has 16 heavy (non-hydrogen) atoms. The average Bonchev–Trinajstić information content (AvgIpc) is 2.24. The predicted octanol–water partition coefficient (Wildman–Crippen LogP) is 0.351. The van der Waals surface area contributed by atoms with Crippen LogP contribution in [-0.4, -0.2) is 46.1 Å². The quantitative estimate of drug-likeness (QED) is 0.551. The maximum Gasteiger partial charge on any atom is 0.211 e. The summed E-state index contributed by atoms with van der Waals surface area (Å²) < 4.78 is 30.4. The van der Waals surface area contributed by atoms with Crippen LogP contribution >= 0.6 is 0 Å². The first-order chi connectivity index (χ1) is 7.55. The third-order valence-electron chi connectivity index (χ3n) is 2.47. The van der Waals surface area contributed by atoms with Crippen molar-refractivity contribution in [3.05, 3.63) is 0 Å². The Bertz CT molecular complexity index is 254. The zero-order valence-corrected chi connectivity index (χ0v) is 10.9. The largest absolute Gasteiger partial charge is 0.396 e. The first-order valence-corrected chi connectivity index (χ1v) is 7.28. The van der Waals surface area contributed by atoms with Crippen molar-refractivity contribution in [2.45, 2.75) is 26.2 Å². The third-order valence-corrected chi connectivity index (χ3v) is 3.90. The van der Waals surface area contributed by atoms with Gasteiger partial charge in [-0.25, -0.2) is 13.1 Å². The van der Waals surface area contributed by atoms with E-state index >= 15 is 0 Å². The molecule has 0 aromatic rings. The maximum absolute atomic E-state index is 11.5. The first-order valence-electron chi connectivity index (χ1n) is 5.62. The van der Waals surface area contributed by atoms with Gasteiger partial charge in [-0.15, -0.1) is 0 Å². The number of methoxy groups -OCH3 is 1. The molecule has 0 fully saturated rings. The molecular formula is C10H23NO4S. The molecule has 0 aliphatic rings. The van der Waals surface area contributed by atoms with Gasteiger partial charge in [0, 0.05) is 26.9 Å². The number of aliphatic hydroxyl groups excluding tert-OH is 1. The lowest BCUT2D eigenvalue weighted by Gasteiger charge is -2.14. The molecule has 0 spiro atoms. The summed E-state index contributed by atoms with van der Waals surface area (Å²) in [6.07, 6.45) is 2.00. The van der Waals surface area contributed by atoms with E-state index in [0.29, 0.717) is 26.0 Å². The molecule has 0 aromatic heterocycles. The molecule has 0 aromatic carbocycles. The highest BCUT2D eigenvalue weighted by molar-refractivity contribution is 7.89. The molecular weight excluding hydrogens is 230 g/mol. The Morgan fingerprint density at radius 1 is 1.44 bits per heavy atom. The number of hydrogen-bond donors (Lipinski definition) is 2. The van der Waals surface area contributed by atoms with Crippen LogP contribution in [0.4, 0.5) is 0 Å². The molecule has 1 unspecified atom stereocenters. The van der Waals surface area contributed by atoms with Gasteiger partial charge in [0.25, 0.3) is 0 Å². The second-order valence-electron chi connectivity index (χ2n) is 3.80.